The third-order valence-electron chi connectivity index (χ3n) is 3.10. The Morgan fingerprint density at radius 1 is 1.32 bits per heavy atom. The summed E-state index contributed by atoms with van der Waals surface area (Å²) < 4.78 is 5.55. The van der Waals surface area contributed by atoms with E-state index in [1.54, 1.807) is 12.5 Å². The molecule has 2 aromatic rings. The molecule has 0 bridgehead atoms. The first-order valence-corrected chi connectivity index (χ1v) is 6.45. The maximum absolute atomic E-state index is 5.89. The van der Waals surface area contributed by atoms with E-state index in [0.717, 1.165) is 22.6 Å². The van der Waals surface area contributed by atoms with Crippen molar-refractivity contribution in [1.29, 1.82) is 0 Å². The highest BCUT2D eigenvalue weighted by Crippen LogP contribution is 2.26. The fraction of sp³-hybridized carbons (Fsp3) is 0.333. The molecule has 0 aliphatic heterocycles. The van der Waals surface area contributed by atoms with Gasteiger partial charge in [-0.3, -0.25) is 0 Å². The minimum atomic E-state index is 0.0948. The lowest BCUT2D eigenvalue weighted by Gasteiger charge is -2.16. The zero-order valence-electron chi connectivity index (χ0n) is 11.3. The first-order chi connectivity index (χ1) is 9.26. The topological polar surface area (TPSA) is 61.0 Å². The Morgan fingerprint density at radius 3 is 2.74 bits per heavy atom. The standard InChI is InChI=1S/C15H19N3O/c1-3-19-15-5-4-12(8-11(15)2)13(9-16)14-6-7-17-10-18-14/h4-8,10,13H,3,9,16H2,1-2H3. The summed E-state index contributed by atoms with van der Waals surface area (Å²) in [6.45, 7) is 5.22. The van der Waals surface area contributed by atoms with Gasteiger partial charge in [-0.15, -0.1) is 0 Å². The van der Waals surface area contributed by atoms with E-state index >= 15 is 0 Å². The van der Waals surface area contributed by atoms with Gasteiger partial charge in [0.1, 0.15) is 12.1 Å². The van der Waals surface area contributed by atoms with E-state index in [2.05, 4.69) is 22.1 Å². The number of nitrogens with zero attached hydrogens (tertiary/aromatic N) is 2. The van der Waals surface area contributed by atoms with Crippen molar-refractivity contribution in [3.05, 3.63) is 53.6 Å². The van der Waals surface area contributed by atoms with Gasteiger partial charge in [0.2, 0.25) is 0 Å². The number of ether oxygens (including phenoxy) is 1. The maximum Gasteiger partial charge on any atom is 0.122 e. The van der Waals surface area contributed by atoms with Crippen molar-refractivity contribution in [2.45, 2.75) is 19.8 Å². The molecule has 1 aromatic heterocycles. The van der Waals surface area contributed by atoms with Gasteiger partial charge in [0.15, 0.2) is 0 Å². The Balaban J connectivity index is 2.32. The monoisotopic (exact) mass is 257 g/mol. The minimum absolute atomic E-state index is 0.0948. The van der Waals surface area contributed by atoms with Gasteiger partial charge in [0.25, 0.3) is 0 Å². The molecule has 0 amide bonds. The van der Waals surface area contributed by atoms with Crippen LogP contribution in [0.2, 0.25) is 0 Å². The second-order valence-corrected chi connectivity index (χ2v) is 4.38. The quantitative estimate of drug-likeness (QED) is 0.892. The molecule has 2 N–H and O–H groups in total. The minimum Gasteiger partial charge on any atom is -0.494 e. The Hall–Kier alpha value is -1.94. The van der Waals surface area contributed by atoms with E-state index in [1.807, 2.05) is 26.0 Å². The molecule has 1 heterocycles. The average Bonchev–Trinajstić information content (AvgIpc) is 2.44. The Labute approximate surface area is 113 Å². The van der Waals surface area contributed by atoms with Gasteiger partial charge >= 0.3 is 0 Å². The molecule has 1 atom stereocenters. The summed E-state index contributed by atoms with van der Waals surface area (Å²) in [5.74, 6) is 1.02. The summed E-state index contributed by atoms with van der Waals surface area (Å²) >= 11 is 0. The van der Waals surface area contributed by atoms with Gasteiger partial charge in [-0.2, -0.15) is 0 Å². The van der Waals surface area contributed by atoms with Crippen molar-refractivity contribution in [1.82, 2.24) is 9.97 Å². The maximum atomic E-state index is 5.89. The highest BCUT2D eigenvalue weighted by atomic mass is 16.5. The molecule has 19 heavy (non-hydrogen) atoms. The molecule has 0 radical (unpaired) electrons. The SMILES string of the molecule is CCOc1ccc(C(CN)c2ccncn2)cc1C. The summed E-state index contributed by atoms with van der Waals surface area (Å²) in [7, 11) is 0. The predicted octanol–water partition coefficient (Wildman–Crippen LogP) is 2.27. The number of rotatable bonds is 5. The van der Waals surface area contributed by atoms with Crippen LogP contribution in [-0.2, 0) is 0 Å². The third kappa shape index (κ3) is 3.09. The highest BCUT2D eigenvalue weighted by molar-refractivity contribution is 5.40. The number of aryl methyl sites for hydroxylation is 1. The van der Waals surface area contributed by atoms with Gasteiger partial charge in [-0.05, 0) is 37.1 Å². The lowest BCUT2D eigenvalue weighted by Crippen LogP contribution is -2.15. The van der Waals surface area contributed by atoms with Crippen molar-refractivity contribution in [3.8, 4) is 5.75 Å². The van der Waals surface area contributed by atoms with E-state index in [4.69, 9.17) is 10.5 Å². The molecule has 0 aliphatic rings. The van der Waals surface area contributed by atoms with E-state index < -0.39 is 0 Å². The summed E-state index contributed by atoms with van der Waals surface area (Å²) in [4.78, 5) is 8.23. The van der Waals surface area contributed by atoms with Crippen molar-refractivity contribution in [2.75, 3.05) is 13.2 Å². The lowest BCUT2D eigenvalue weighted by atomic mass is 9.94. The molecule has 2 rings (SSSR count). The number of aromatic nitrogens is 2. The number of nitrogens with two attached hydrogens (primary N) is 1. The molecule has 1 unspecified atom stereocenters. The molecular weight excluding hydrogens is 238 g/mol. The number of hydrogen-bond acceptors (Lipinski definition) is 4. The Bertz CT molecular complexity index is 528. The van der Waals surface area contributed by atoms with Crippen LogP contribution in [0.25, 0.3) is 0 Å². The fourth-order valence-electron chi connectivity index (χ4n) is 2.14. The fourth-order valence-corrected chi connectivity index (χ4v) is 2.14. The molecule has 4 heteroatoms. The summed E-state index contributed by atoms with van der Waals surface area (Å²) in [6, 6.07) is 8.07. The molecule has 0 fully saturated rings. The molecule has 0 aliphatic carbocycles. The molecule has 100 valence electrons. The molecule has 1 aromatic carbocycles. The Kier molecular flexibility index (Phi) is 4.47. The molecular formula is C15H19N3O. The first kappa shape index (κ1) is 13.5. The van der Waals surface area contributed by atoms with Crippen LogP contribution in [0, 0.1) is 6.92 Å². The second kappa shape index (κ2) is 6.29. The van der Waals surface area contributed by atoms with Crippen molar-refractivity contribution in [2.24, 2.45) is 5.73 Å². The van der Waals surface area contributed by atoms with Gasteiger partial charge < -0.3 is 10.5 Å². The van der Waals surface area contributed by atoms with E-state index in [-0.39, 0.29) is 5.92 Å². The second-order valence-electron chi connectivity index (χ2n) is 4.38. The summed E-state index contributed by atoms with van der Waals surface area (Å²) in [5, 5.41) is 0. The zero-order chi connectivity index (χ0) is 13.7. The van der Waals surface area contributed by atoms with Crippen LogP contribution in [0.3, 0.4) is 0 Å². The van der Waals surface area contributed by atoms with Crippen LogP contribution in [-0.4, -0.2) is 23.1 Å². The van der Waals surface area contributed by atoms with Crippen LogP contribution >= 0.6 is 0 Å². The van der Waals surface area contributed by atoms with Crippen LogP contribution in [0.15, 0.2) is 36.8 Å². The molecule has 0 saturated heterocycles. The third-order valence-corrected chi connectivity index (χ3v) is 3.10. The van der Waals surface area contributed by atoms with E-state index in [1.165, 1.54) is 0 Å². The zero-order valence-corrected chi connectivity index (χ0v) is 11.3. The Morgan fingerprint density at radius 2 is 2.16 bits per heavy atom. The van der Waals surface area contributed by atoms with E-state index in [0.29, 0.717) is 13.2 Å². The predicted molar refractivity (Wildman–Crippen MR) is 75.3 cm³/mol. The molecule has 0 saturated carbocycles. The van der Waals surface area contributed by atoms with Gasteiger partial charge in [0, 0.05) is 18.7 Å². The van der Waals surface area contributed by atoms with Crippen LogP contribution < -0.4 is 10.5 Å². The van der Waals surface area contributed by atoms with Crippen LogP contribution in [0.5, 0.6) is 5.75 Å². The smallest absolute Gasteiger partial charge is 0.122 e. The van der Waals surface area contributed by atoms with Crippen molar-refractivity contribution < 1.29 is 4.74 Å². The lowest BCUT2D eigenvalue weighted by molar-refractivity contribution is 0.337. The normalized spacial score (nSPS) is 12.2. The van der Waals surface area contributed by atoms with E-state index in [9.17, 15) is 0 Å². The summed E-state index contributed by atoms with van der Waals surface area (Å²) in [6.07, 6.45) is 3.30. The summed E-state index contributed by atoms with van der Waals surface area (Å²) in [5.41, 5.74) is 9.11. The number of hydrogen-bond donors (Lipinski definition) is 1. The first-order valence-electron chi connectivity index (χ1n) is 6.45. The van der Waals surface area contributed by atoms with Gasteiger partial charge in [-0.25, -0.2) is 9.97 Å². The number of benzene rings is 1. The molecule has 0 spiro atoms. The largest absolute Gasteiger partial charge is 0.494 e. The highest BCUT2D eigenvalue weighted by Gasteiger charge is 2.14. The van der Waals surface area contributed by atoms with Crippen LogP contribution in [0.4, 0.5) is 0 Å². The van der Waals surface area contributed by atoms with Crippen molar-refractivity contribution in [3.63, 3.8) is 0 Å². The van der Waals surface area contributed by atoms with Gasteiger partial charge in [0.05, 0.1) is 12.3 Å². The van der Waals surface area contributed by atoms with Gasteiger partial charge in [-0.1, -0.05) is 12.1 Å². The van der Waals surface area contributed by atoms with Crippen molar-refractivity contribution >= 4 is 0 Å². The average molecular weight is 257 g/mol. The molecule has 4 nitrogen and oxygen atoms in total. The van der Waals surface area contributed by atoms with Crippen LogP contribution in [0.1, 0.15) is 29.7 Å².